The van der Waals surface area contributed by atoms with E-state index in [2.05, 4.69) is 57.1 Å². The molecule has 1 N–H and O–H groups in total. The van der Waals surface area contributed by atoms with Crippen LogP contribution in [0.2, 0.25) is 0 Å². The van der Waals surface area contributed by atoms with Crippen LogP contribution in [0.3, 0.4) is 0 Å². The van der Waals surface area contributed by atoms with E-state index in [1.165, 1.54) is 0 Å². The van der Waals surface area contributed by atoms with E-state index in [0.29, 0.717) is 10.4 Å². The second-order valence-electron chi connectivity index (χ2n) is 5.61. The zero-order valence-corrected chi connectivity index (χ0v) is 16.1. The van der Waals surface area contributed by atoms with Crippen molar-refractivity contribution in [3.8, 4) is 0 Å². The molecule has 0 atom stereocenters. The molecule has 128 valence electrons. The molecule has 0 aromatic carbocycles. The highest BCUT2D eigenvalue weighted by molar-refractivity contribution is 9.12. The van der Waals surface area contributed by atoms with Gasteiger partial charge in [0, 0.05) is 25.7 Å². The van der Waals surface area contributed by atoms with Crippen LogP contribution in [0, 0.1) is 6.92 Å². The fourth-order valence-corrected chi connectivity index (χ4v) is 2.25. The van der Waals surface area contributed by atoms with Gasteiger partial charge < -0.3 is 15.1 Å². The molecule has 0 amide bonds. The lowest BCUT2D eigenvalue weighted by molar-refractivity contribution is -0.104. The molecule has 7 heteroatoms. The van der Waals surface area contributed by atoms with Crippen LogP contribution in [0.25, 0.3) is 6.08 Å². The molecule has 0 bridgehead atoms. The van der Waals surface area contributed by atoms with Gasteiger partial charge in [-0.25, -0.2) is 4.98 Å². The summed E-state index contributed by atoms with van der Waals surface area (Å²) in [4.78, 5) is 24.2. The first kappa shape index (κ1) is 19.6. The Balaban J connectivity index is 3.04. The predicted molar refractivity (Wildman–Crippen MR) is 100 cm³/mol. The SMILES string of the molecule is CCN(C)c1nc(NCCCN(C)C)nc(C)c1/C=C(/Br)C=O. The smallest absolute Gasteiger partial charge is 0.224 e. The van der Waals surface area contributed by atoms with Gasteiger partial charge in [0.15, 0.2) is 6.29 Å². The van der Waals surface area contributed by atoms with Crippen molar-refractivity contribution in [2.24, 2.45) is 0 Å². The van der Waals surface area contributed by atoms with E-state index in [4.69, 9.17) is 0 Å². The predicted octanol–water partition coefficient (Wildman–Crippen LogP) is 2.54. The second-order valence-corrected chi connectivity index (χ2v) is 6.53. The van der Waals surface area contributed by atoms with Crippen LogP contribution in [0.1, 0.15) is 24.6 Å². The summed E-state index contributed by atoms with van der Waals surface area (Å²) in [7, 11) is 6.09. The quantitative estimate of drug-likeness (QED) is 0.401. The van der Waals surface area contributed by atoms with Crippen molar-refractivity contribution in [3.63, 3.8) is 0 Å². The van der Waals surface area contributed by atoms with Gasteiger partial charge >= 0.3 is 0 Å². The van der Waals surface area contributed by atoms with Crippen molar-refractivity contribution in [3.05, 3.63) is 15.7 Å². The van der Waals surface area contributed by atoms with E-state index in [-0.39, 0.29) is 0 Å². The number of halogens is 1. The Labute approximate surface area is 147 Å². The Morgan fingerprint density at radius 1 is 1.30 bits per heavy atom. The molecule has 23 heavy (non-hydrogen) atoms. The average molecular weight is 384 g/mol. The van der Waals surface area contributed by atoms with Crippen LogP contribution in [-0.2, 0) is 4.79 Å². The highest BCUT2D eigenvalue weighted by Crippen LogP contribution is 2.25. The molecule has 1 aromatic rings. The fraction of sp³-hybridized carbons (Fsp3) is 0.562. The van der Waals surface area contributed by atoms with Crippen LogP contribution >= 0.6 is 15.9 Å². The Kier molecular flexibility index (Phi) is 8.19. The summed E-state index contributed by atoms with van der Waals surface area (Å²) in [5.74, 6) is 1.44. The summed E-state index contributed by atoms with van der Waals surface area (Å²) in [5, 5.41) is 3.28. The Bertz CT molecular complexity index is 560. The minimum Gasteiger partial charge on any atom is -0.359 e. The van der Waals surface area contributed by atoms with E-state index in [1.54, 1.807) is 6.08 Å². The number of hydrogen-bond acceptors (Lipinski definition) is 6. The number of carbonyl (C=O) groups is 1. The molecule has 0 aliphatic carbocycles. The third-order valence-electron chi connectivity index (χ3n) is 3.41. The number of rotatable bonds is 9. The normalized spacial score (nSPS) is 11.7. The van der Waals surface area contributed by atoms with Crippen molar-refractivity contribution >= 4 is 40.1 Å². The standard InChI is InChI=1S/C16H26BrN5O/c1-6-22(5)15-14(10-13(17)11-23)12(2)19-16(20-15)18-8-7-9-21(3)4/h10-11H,6-9H2,1-5H3,(H,18,19,20)/b13-10+. The molecule has 0 aliphatic rings. The number of aromatic nitrogens is 2. The van der Waals surface area contributed by atoms with Gasteiger partial charge in [-0.2, -0.15) is 4.98 Å². The average Bonchev–Trinajstić information content (AvgIpc) is 2.52. The molecular formula is C16H26BrN5O. The molecule has 0 aliphatic heterocycles. The number of aldehydes is 1. The van der Waals surface area contributed by atoms with Gasteiger partial charge in [-0.1, -0.05) is 0 Å². The number of nitrogens with zero attached hydrogens (tertiary/aromatic N) is 4. The molecule has 0 radical (unpaired) electrons. The highest BCUT2D eigenvalue weighted by Gasteiger charge is 2.13. The molecular weight excluding hydrogens is 358 g/mol. The maximum atomic E-state index is 10.9. The molecule has 0 spiro atoms. The summed E-state index contributed by atoms with van der Waals surface area (Å²) >= 11 is 3.23. The first-order valence-corrected chi connectivity index (χ1v) is 8.49. The highest BCUT2D eigenvalue weighted by atomic mass is 79.9. The van der Waals surface area contributed by atoms with Crippen LogP contribution in [0.4, 0.5) is 11.8 Å². The third-order valence-corrected chi connectivity index (χ3v) is 3.83. The van der Waals surface area contributed by atoms with Gasteiger partial charge in [0.2, 0.25) is 5.95 Å². The van der Waals surface area contributed by atoms with Crippen molar-refractivity contribution in [1.82, 2.24) is 14.9 Å². The monoisotopic (exact) mass is 383 g/mol. The molecule has 1 rings (SSSR count). The lowest BCUT2D eigenvalue weighted by atomic mass is 10.2. The molecule has 0 fully saturated rings. The van der Waals surface area contributed by atoms with Gasteiger partial charge in [0.1, 0.15) is 5.82 Å². The third kappa shape index (κ3) is 6.27. The number of carbonyl (C=O) groups excluding carboxylic acids is 1. The Hall–Kier alpha value is -1.47. The van der Waals surface area contributed by atoms with Gasteiger partial charge in [-0.05, 0) is 62.9 Å². The van der Waals surface area contributed by atoms with Crippen LogP contribution in [0.15, 0.2) is 4.48 Å². The first-order chi connectivity index (χ1) is 10.9. The van der Waals surface area contributed by atoms with Crippen molar-refractivity contribution in [1.29, 1.82) is 0 Å². The summed E-state index contributed by atoms with van der Waals surface area (Å²) in [5.41, 5.74) is 1.69. The zero-order valence-electron chi connectivity index (χ0n) is 14.6. The van der Waals surface area contributed by atoms with Gasteiger partial charge in [0.05, 0.1) is 10.2 Å². The Morgan fingerprint density at radius 3 is 2.57 bits per heavy atom. The van der Waals surface area contributed by atoms with E-state index < -0.39 is 0 Å². The lowest BCUT2D eigenvalue weighted by Gasteiger charge is -2.20. The largest absolute Gasteiger partial charge is 0.359 e. The maximum absolute atomic E-state index is 10.9. The molecule has 1 heterocycles. The van der Waals surface area contributed by atoms with E-state index in [0.717, 1.165) is 49.4 Å². The number of anilines is 2. The molecule has 0 unspecified atom stereocenters. The molecule has 0 saturated heterocycles. The van der Waals surface area contributed by atoms with Crippen LogP contribution in [-0.4, -0.2) is 61.9 Å². The van der Waals surface area contributed by atoms with Gasteiger partial charge in [-0.15, -0.1) is 0 Å². The summed E-state index contributed by atoms with van der Waals surface area (Å²) in [6, 6.07) is 0. The lowest BCUT2D eigenvalue weighted by Crippen LogP contribution is -2.21. The number of allylic oxidation sites excluding steroid dienone is 1. The fourth-order valence-electron chi connectivity index (χ4n) is 2.02. The van der Waals surface area contributed by atoms with Gasteiger partial charge in [-0.3, -0.25) is 4.79 Å². The molecule has 1 aromatic heterocycles. The first-order valence-electron chi connectivity index (χ1n) is 7.69. The van der Waals surface area contributed by atoms with E-state index in [1.807, 2.05) is 18.9 Å². The van der Waals surface area contributed by atoms with Crippen molar-refractivity contribution < 1.29 is 4.79 Å². The molecule has 0 saturated carbocycles. The van der Waals surface area contributed by atoms with Crippen LogP contribution in [0.5, 0.6) is 0 Å². The number of aryl methyl sites for hydroxylation is 1. The maximum Gasteiger partial charge on any atom is 0.224 e. The Morgan fingerprint density at radius 2 is 2.00 bits per heavy atom. The van der Waals surface area contributed by atoms with E-state index >= 15 is 0 Å². The van der Waals surface area contributed by atoms with Crippen LogP contribution < -0.4 is 10.2 Å². The van der Waals surface area contributed by atoms with Crippen molar-refractivity contribution in [2.45, 2.75) is 20.3 Å². The minimum atomic E-state index is 0.474. The van der Waals surface area contributed by atoms with Gasteiger partial charge in [0.25, 0.3) is 0 Å². The van der Waals surface area contributed by atoms with Crippen molar-refractivity contribution in [2.75, 3.05) is 51.0 Å². The second kappa shape index (κ2) is 9.62. The van der Waals surface area contributed by atoms with E-state index in [9.17, 15) is 4.79 Å². The molecule has 6 nitrogen and oxygen atoms in total. The number of nitrogens with one attached hydrogen (secondary N) is 1. The number of hydrogen-bond donors (Lipinski definition) is 1. The topological polar surface area (TPSA) is 61.4 Å². The zero-order chi connectivity index (χ0) is 17.4. The summed E-state index contributed by atoms with van der Waals surface area (Å²) in [6.07, 6.45) is 3.55. The summed E-state index contributed by atoms with van der Waals surface area (Å²) < 4.78 is 0.474. The minimum absolute atomic E-state index is 0.474. The summed E-state index contributed by atoms with van der Waals surface area (Å²) in [6.45, 7) is 6.64.